The summed E-state index contributed by atoms with van der Waals surface area (Å²) in [6, 6.07) is 3.10. The van der Waals surface area contributed by atoms with Crippen molar-refractivity contribution in [3.05, 3.63) is 28.0 Å². The van der Waals surface area contributed by atoms with E-state index in [-0.39, 0.29) is 5.82 Å². The maximum absolute atomic E-state index is 13.4. The first-order chi connectivity index (χ1) is 7.20. The topological polar surface area (TPSA) is 35.2 Å². The molecule has 0 aliphatic carbocycles. The van der Waals surface area contributed by atoms with Gasteiger partial charge in [-0.15, -0.1) is 0 Å². The number of benzene rings is 1. The Kier molecular flexibility index (Phi) is 5.05. The maximum atomic E-state index is 13.4. The first kappa shape index (κ1) is 12.5. The molecule has 4 heteroatoms. The summed E-state index contributed by atoms with van der Waals surface area (Å²) in [5, 5.41) is 0. The third kappa shape index (κ3) is 3.18. The Balaban J connectivity index is 2.87. The minimum Gasteiger partial charge on any atom is -0.493 e. The van der Waals surface area contributed by atoms with Crippen molar-refractivity contribution < 1.29 is 9.13 Å². The van der Waals surface area contributed by atoms with Crippen molar-refractivity contribution in [1.82, 2.24) is 0 Å². The third-order valence-corrected chi connectivity index (χ3v) is 2.98. The van der Waals surface area contributed by atoms with Crippen molar-refractivity contribution in [1.29, 1.82) is 0 Å². The summed E-state index contributed by atoms with van der Waals surface area (Å²) in [5.74, 6) is 0.0184. The Morgan fingerprint density at radius 2 is 2.13 bits per heavy atom. The van der Waals surface area contributed by atoms with Gasteiger partial charge in [0.1, 0.15) is 0 Å². The molecular weight excluding hydrogens is 261 g/mol. The maximum Gasteiger partial charge on any atom is 0.165 e. The number of nitrogens with two attached hydrogens (primary N) is 1. The highest BCUT2D eigenvalue weighted by Crippen LogP contribution is 2.30. The molecule has 0 aliphatic rings. The van der Waals surface area contributed by atoms with Crippen molar-refractivity contribution in [2.75, 3.05) is 13.7 Å². The average Bonchev–Trinajstić information content (AvgIpc) is 2.23. The fourth-order valence-corrected chi connectivity index (χ4v) is 1.99. The molecule has 0 heterocycles. The van der Waals surface area contributed by atoms with Crippen LogP contribution < -0.4 is 10.5 Å². The normalized spacial score (nSPS) is 10.4. The lowest BCUT2D eigenvalue weighted by Crippen LogP contribution is -2.01. The molecular formula is C11H15BrFNO. The van der Waals surface area contributed by atoms with Gasteiger partial charge in [-0.1, -0.05) is 15.9 Å². The molecule has 1 aromatic rings. The first-order valence-corrected chi connectivity index (χ1v) is 5.71. The number of hydrogen-bond acceptors (Lipinski definition) is 2. The van der Waals surface area contributed by atoms with E-state index in [1.807, 2.05) is 0 Å². The summed E-state index contributed by atoms with van der Waals surface area (Å²) in [6.45, 7) is 0.662. The van der Waals surface area contributed by atoms with Crippen LogP contribution in [0.5, 0.6) is 5.75 Å². The zero-order valence-corrected chi connectivity index (χ0v) is 10.3. The lowest BCUT2D eigenvalue weighted by Gasteiger charge is -2.11. The molecule has 0 fully saturated rings. The van der Waals surface area contributed by atoms with Gasteiger partial charge in [-0.3, -0.25) is 0 Å². The van der Waals surface area contributed by atoms with E-state index >= 15 is 0 Å². The number of ether oxygens (including phenoxy) is 1. The smallest absolute Gasteiger partial charge is 0.165 e. The molecule has 0 radical (unpaired) electrons. The van der Waals surface area contributed by atoms with Crippen LogP contribution in [-0.2, 0) is 6.42 Å². The van der Waals surface area contributed by atoms with E-state index in [4.69, 9.17) is 10.5 Å². The SMILES string of the molecule is COc1c(F)ccc(Br)c1CCCCN. The second-order valence-electron chi connectivity index (χ2n) is 3.29. The van der Waals surface area contributed by atoms with E-state index in [0.717, 1.165) is 29.3 Å². The van der Waals surface area contributed by atoms with E-state index in [9.17, 15) is 4.39 Å². The van der Waals surface area contributed by atoms with Gasteiger partial charge >= 0.3 is 0 Å². The van der Waals surface area contributed by atoms with Crippen LogP contribution in [0.3, 0.4) is 0 Å². The van der Waals surface area contributed by atoms with Gasteiger partial charge in [0, 0.05) is 10.0 Å². The number of rotatable bonds is 5. The molecule has 0 amide bonds. The van der Waals surface area contributed by atoms with Gasteiger partial charge in [0.2, 0.25) is 0 Å². The molecule has 2 N–H and O–H groups in total. The molecule has 0 atom stereocenters. The van der Waals surface area contributed by atoms with E-state index in [2.05, 4.69) is 15.9 Å². The van der Waals surface area contributed by atoms with Crippen LogP contribution in [0.15, 0.2) is 16.6 Å². The second-order valence-corrected chi connectivity index (χ2v) is 4.14. The molecule has 1 aromatic carbocycles. The number of unbranched alkanes of at least 4 members (excludes halogenated alkanes) is 1. The Bertz CT molecular complexity index is 331. The van der Waals surface area contributed by atoms with Crippen LogP contribution in [0.2, 0.25) is 0 Å². The van der Waals surface area contributed by atoms with Crippen LogP contribution >= 0.6 is 15.9 Å². The van der Waals surface area contributed by atoms with Gasteiger partial charge in [-0.05, 0) is 37.9 Å². The second kappa shape index (κ2) is 6.08. The summed E-state index contributed by atoms with van der Waals surface area (Å²) in [7, 11) is 1.48. The fraction of sp³-hybridized carbons (Fsp3) is 0.455. The van der Waals surface area contributed by atoms with Crippen LogP contribution in [-0.4, -0.2) is 13.7 Å². The third-order valence-electron chi connectivity index (χ3n) is 2.24. The van der Waals surface area contributed by atoms with Gasteiger partial charge in [0.15, 0.2) is 11.6 Å². The Labute approximate surface area is 97.7 Å². The standard InChI is InChI=1S/C11H15BrFNO/c1-15-11-8(4-2-3-7-14)9(12)5-6-10(11)13/h5-6H,2-4,7,14H2,1H3. The molecule has 0 unspecified atom stereocenters. The summed E-state index contributed by atoms with van der Waals surface area (Å²) < 4.78 is 19.3. The molecule has 0 spiro atoms. The largest absolute Gasteiger partial charge is 0.493 e. The molecule has 0 aliphatic heterocycles. The zero-order chi connectivity index (χ0) is 11.3. The van der Waals surface area contributed by atoms with Crippen LogP contribution in [0, 0.1) is 5.82 Å². The van der Waals surface area contributed by atoms with Gasteiger partial charge in [-0.25, -0.2) is 4.39 Å². The van der Waals surface area contributed by atoms with Crippen molar-refractivity contribution in [2.45, 2.75) is 19.3 Å². The van der Waals surface area contributed by atoms with E-state index in [1.165, 1.54) is 13.2 Å². The molecule has 15 heavy (non-hydrogen) atoms. The highest BCUT2D eigenvalue weighted by atomic mass is 79.9. The molecule has 0 aromatic heterocycles. The van der Waals surface area contributed by atoms with Gasteiger partial charge in [0.25, 0.3) is 0 Å². The van der Waals surface area contributed by atoms with Crippen molar-refractivity contribution in [3.63, 3.8) is 0 Å². The van der Waals surface area contributed by atoms with Crippen LogP contribution in [0.4, 0.5) is 4.39 Å². The van der Waals surface area contributed by atoms with Gasteiger partial charge in [-0.2, -0.15) is 0 Å². The summed E-state index contributed by atoms with van der Waals surface area (Å²) in [4.78, 5) is 0. The summed E-state index contributed by atoms with van der Waals surface area (Å²) in [5.41, 5.74) is 6.29. The fourth-order valence-electron chi connectivity index (χ4n) is 1.47. The predicted molar refractivity (Wildman–Crippen MR) is 62.6 cm³/mol. The quantitative estimate of drug-likeness (QED) is 0.839. The van der Waals surface area contributed by atoms with Crippen LogP contribution in [0.1, 0.15) is 18.4 Å². The van der Waals surface area contributed by atoms with Gasteiger partial charge < -0.3 is 10.5 Å². The van der Waals surface area contributed by atoms with Crippen molar-refractivity contribution >= 4 is 15.9 Å². The van der Waals surface area contributed by atoms with E-state index in [0.29, 0.717) is 12.3 Å². The minimum atomic E-state index is -0.316. The van der Waals surface area contributed by atoms with E-state index < -0.39 is 0 Å². The van der Waals surface area contributed by atoms with Crippen molar-refractivity contribution in [3.8, 4) is 5.75 Å². The summed E-state index contributed by atoms with van der Waals surface area (Å²) >= 11 is 3.40. The number of methoxy groups -OCH3 is 1. The monoisotopic (exact) mass is 275 g/mol. The highest BCUT2D eigenvalue weighted by molar-refractivity contribution is 9.10. The molecule has 0 bridgehead atoms. The Hall–Kier alpha value is -0.610. The number of halogens is 2. The Morgan fingerprint density at radius 3 is 2.73 bits per heavy atom. The number of hydrogen-bond donors (Lipinski definition) is 1. The van der Waals surface area contributed by atoms with E-state index in [1.54, 1.807) is 6.07 Å². The molecule has 2 nitrogen and oxygen atoms in total. The minimum absolute atomic E-state index is 0.316. The average molecular weight is 276 g/mol. The lowest BCUT2D eigenvalue weighted by atomic mass is 10.1. The molecule has 0 saturated carbocycles. The van der Waals surface area contributed by atoms with Crippen LogP contribution in [0.25, 0.3) is 0 Å². The Morgan fingerprint density at radius 1 is 1.40 bits per heavy atom. The molecule has 84 valence electrons. The van der Waals surface area contributed by atoms with Crippen molar-refractivity contribution in [2.24, 2.45) is 5.73 Å². The summed E-state index contributed by atoms with van der Waals surface area (Å²) in [6.07, 6.45) is 2.65. The molecule has 1 rings (SSSR count). The zero-order valence-electron chi connectivity index (χ0n) is 8.72. The molecule has 0 saturated heterocycles. The first-order valence-electron chi connectivity index (χ1n) is 4.91. The van der Waals surface area contributed by atoms with Gasteiger partial charge in [0.05, 0.1) is 7.11 Å². The predicted octanol–water partition coefficient (Wildman–Crippen LogP) is 2.88. The highest BCUT2D eigenvalue weighted by Gasteiger charge is 2.12. The lowest BCUT2D eigenvalue weighted by molar-refractivity contribution is 0.380.